The van der Waals surface area contributed by atoms with Crippen molar-refractivity contribution < 1.29 is 0 Å². The Balaban J connectivity index is 0.000001000. The van der Waals surface area contributed by atoms with Crippen LogP contribution in [0.4, 0.5) is 0 Å². The average Bonchev–Trinajstić information content (AvgIpc) is 2.11. The van der Waals surface area contributed by atoms with Crippen LogP contribution in [-0.2, 0) is 0 Å². The second-order valence-electron chi connectivity index (χ2n) is 4.61. The van der Waals surface area contributed by atoms with Gasteiger partial charge < -0.3 is 14.8 Å². The molecule has 1 aliphatic rings. The van der Waals surface area contributed by atoms with Gasteiger partial charge in [0.25, 0.3) is 0 Å². The fourth-order valence-electron chi connectivity index (χ4n) is 1.64. The predicted octanol–water partition coefficient (Wildman–Crippen LogP) is 2.31. The smallest absolute Gasteiger partial charge is 0.00121 e. The highest BCUT2D eigenvalue weighted by atomic mass is 31.0. The number of likely N-dealkylation sites (tertiary alicyclic amines) is 1. The molecule has 0 aromatic carbocycles. The highest BCUT2D eigenvalue weighted by Gasteiger charge is 2.29. The molecule has 1 rings (SSSR count). The van der Waals surface area contributed by atoms with E-state index in [1.165, 1.54) is 19.5 Å². The van der Waals surface area contributed by atoms with Gasteiger partial charge in [-0.1, -0.05) is 20.8 Å². The van der Waals surface area contributed by atoms with Crippen LogP contribution in [0.2, 0.25) is 0 Å². The molecule has 1 saturated heterocycles. The summed E-state index contributed by atoms with van der Waals surface area (Å²) in [5.74, 6) is 0.914. The Hall–Kier alpha value is 0.390. The molecule has 1 heterocycles. The van der Waals surface area contributed by atoms with E-state index in [1.807, 2.05) is 0 Å². The van der Waals surface area contributed by atoms with Crippen LogP contribution in [0.15, 0.2) is 0 Å². The molecule has 1 nitrogen and oxygen atoms in total. The van der Waals surface area contributed by atoms with Crippen LogP contribution in [-0.4, -0.2) is 25.0 Å². The molecule has 0 bridgehead atoms. The third-order valence-corrected chi connectivity index (χ3v) is 2.62. The number of nitrogens with zero attached hydrogens (tertiary/aromatic N) is 1. The summed E-state index contributed by atoms with van der Waals surface area (Å²) in [5, 5.41) is 0. The lowest BCUT2D eigenvalue weighted by Gasteiger charge is -2.26. The summed E-state index contributed by atoms with van der Waals surface area (Å²) in [6.45, 7) is 9.62. The summed E-state index contributed by atoms with van der Waals surface area (Å²) in [5.41, 5.74) is 0.519. The van der Waals surface area contributed by atoms with Crippen molar-refractivity contribution in [2.45, 2.75) is 27.2 Å². The van der Waals surface area contributed by atoms with Gasteiger partial charge in [0.2, 0.25) is 0 Å². The van der Waals surface area contributed by atoms with E-state index < -0.39 is 0 Å². The van der Waals surface area contributed by atoms with Gasteiger partial charge in [0, 0.05) is 6.54 Å². The lowest BCUT2D eigenvalue weighted by molar-refractivity contribution is 0.241. The molecule has 0 spiro atoms. The molecule has 0 N–H and O–H groups in total. The minimum absolute atomic E-state index is 0. The lowest BCUT2D eigenvalue weighted by atomic mass is 9.80. The first-order valence-electron chi connectivity index (χ1n) is 4.18. The molecular formula is C9H21NP-. The van der Waals surface area contributed by atoms with Gasteiger partial charge in [0.05, 0.1) is 0 Å². The molecular weight excluding hydrogens is 153 g/mol. The molecule has 0 aromatic rings. The van der Waals surface area contributed by atoms with E-state index in [0.717, 1.165) is 5.92 Å². The van der Waals surface area contributed by atoms with E-state index in [1.54, 1.807) is 0 Å². The van der Waals surface area contributed by atoms with Crippen molar-refractivity contribution >= 4 is 9.90 Å². The van der Waals surface area contributed by atoms with Gasteiger partial charge in [-0.3, -0.25) is 0 Å². The minimum atomic E-state index is 0. The lowest BCUT2D eigenvalue weighted by Crippen LogP contribution is -2.23. The zero-order valence-electron chi connectivity index (χ0n) is 8.22. The molecule has 0 amide bonds. The molecule has 68 valence electrons. The zero-order chi connectivity index (χ0) is 7.78. The summed E-state index contributed by atoms with van der Waals surface area (Å²) >= 11 is 0. The van der Waals surface area contributed by atoms with E-state index >= 15 is 0 Å². The van der Waals surface area contributed by atoms with E-state index in [2.05, 4.69) is 32.7 Å². The second-order valence-corrected chi connectivity index (χ2v) is 4.61. The van der Waals surface area contributed by atoms with Crippen molar-refractivity contribution in [2.75, 3.05) is 20.1 Å². The van der Waals surface area contributed by atoms with Gasteiger partial charge in [-0.15, -0.1) is 0 Å². The van der Waals surface area contributed by atoms with Gasteiger partial charge in [-0.05, 0) is 31.3 Å². The second kappa shape index (κ2) is 3.87. The predicted molar refractivity (Wildman–Crippen MR) is 54.8 cm³/mol. The Morgan fingerprint density at radius 3 is 2.00 bits per heavy atom. The molecule has 0 aromatic heterocycles. The fraction of sp³-hybridized carbons (Fsp3) is 1.00. The maximum Gasteiger partial charge on any atom is 0.00121 e. The quantitative estimate of drug-likeness (QED) is 0.509. The van der Waals surface area contributed by atoms with E-state index in [4.69, 9.17) is 0 Å². The normalized spacial score (nSPS) is 26.7. The zero-order valence-corrected chi connectivity index (χ0v) is 9.38. The van der Waals surface area contributed by atoms with Crippen LogP contribution in [0.1, 0.15) is 27.2 Å². The molecule has 1 atom stereocenters. The van der Waals surface area contributed by atoms with Crippen LogP contribution < -0.4 is 0 Å². The van der Waals surface area contributed by atoms with Crippen LogP contribution in [0.5, 0.6) is 0 Å². The average molecular weight is 174 g/mol. The first kappa shape index (κ1) is 11.4. The first-order valence-corrected chi connectivity index (χ1v) is 4.18. The summed E-state index contributed by atoms with van der Waals surface area (Å²) < 4.78 is 0. The number of rotatable bonds is 0. The maximum absolute atomic E-state index is 2.43. The van der Waals surface area contributed by atoms with Crippen LogP contribution in [0, 0.1) is 11.3 Å². The van der Waals surface area contributed by atoms with Crippen molar-refractivity contribution in [1.29, 1.82) is 0 Å². The van der Waals surface area contributed by atoms with Gasteiger partial charge in [0.15, 0.2) is 0 Å². The number of hydrogen-bond acceptors (Lipinski definition) is 1. The monoisotopic (exact) mass is 174 g/mol. The number of hydrogen-bond donors (Lipinski definition) is 0. The van der Waals surface area contributed by atoms with E-state index in [9.17, 15) is 0 Å². The molecule has 0 radical (unpaired) electrons. The van der Waals surface area contributed by atoms with E-state index in [-0.39, 0.29) is 9.90 Å². The van der Waals surface area contributed by atoms with Gasteiger partial charge >= 0.3 is 0 Å². The summed E-state index contributed by atoms with van der Waals surface area (Å²) in [7, 11) is 2.21. The molecule has 0 aliphatic carbocycles. The van der Waals surface area contributed by atoms with Crippen molar-refractivity contribution in [3.05, 3.63) is 0 Å². The Morgan fingerprint density at radius 1 is 1.27 bits per heavy atom. The Kier molecular flexibility index (Phi) is 4.00. The van der Waals surface area contributed by atoms with Crippen molar-refractivity contribution in [3.8, 4) is 0 Å². The molecule has 11 heavy (non-hydrogen) atoms. The maximum atomic E-state index is 2.43. The Bertz CT molecular complexity index is 117. The van der Waals surface area contributed by atoms with Crippen molar-refractivity contribution in [2.24, 2.45) is 11.3 Å². The van der Waals surface area contributed by atoms with Crippen molar-refractivity contribution in [1.82, 2.24) is 4.90 Å². The third kappa shape index (κ3) is 3.09. The molecule has 0 saturated carbocycles. The standard InChI is InChI=1S/C9H19N.H2P/c1-9(2,3)8-5-6-10(4)7-8;/h8H,5-7H2,1-4H3;1H2/q;-1. The summed E-state index contributed by atoms with van der Waals surface area (Å²) in [4.78, 5) is 2.43. The molecule has 1 aliphatic heterocycles. The van der Waals surface area contributed by atoms with Gasteiger partial charge in [-0.2, -0.15) is 0 Å². The largest absolute Gasteiger partial charge is 0.577 e. The van der Waals surface area contributed by atoms with E-state index in [0.29, 0.717) is 5.41 Å². The Labute approximate surface area is 74.2 Å². The minimum Gasteiger partial charge on any atom is -0.577 e. The molecule has 2 heteroatoms. The first-order chi connectivity index (χ1) is 4.50. The SMILES string of the molecule is CN1CCC(C(C)(C)C)C1.[PH2-]. The summed E-state index contributed by atoms with van der Waals surface area (Å²) in [6.07, 6.45) is 1.39. The fourth-order valence-corrected chi connectivity index (χ4v) is 1.64. The van der Waals surface area contributed by atoms with Crippen LogP contribution >= 0.6 is 9.90 Å². The highest BCUT2D eigenvalue weighted by molar-refractivity contribution is 6.92. The third-order valence-electron chi connectivity index (χ3n) is 2.62. The Morgan fingerprint density at radius 2 is 1.82 bits per heavy atom. The van der Waals surface area contributed by atoms with Crippen molar-refractivity contribution in [3.63, 3.8) is 0 Å². The van der Waals surface area contributed by atoms with Gasteiger partial charge in [0.1, 0.15) is 0 Å². The molecule has 1 fully saturated rings. The van der Waals surface area contributed by atoms with Crippen LogP contribution in [0.25, 0.3) is 0 Å². The molecule has 1 unspecified atom stereocenters. The topological polar surface area (TPSA) is 3.24 Å². The summed E-state index contributed by atoms with van der Waals surface area (Å²) in [6, 6.07) is 0. The van der Waals surface area contributed by atoms with Gasteiger partial charge in [-0.25, -0.2) is 0 Å². The van der Waals surface area contributed by atoms with Crippen LogP contribution in [0.3, 0.4) is 0 Å². The highest BCUT2D eigenvalue weighted by Crippen LogP contribution is 2.32.